The third kappa shape index (κ3) is 3.28. The van der Waals surface area contributed by atoms with E-state index in [1.165, 1.54) is 11.3 Å². The van der Waals surface area contributed by atoms with Crippen LogP contribution in [0.5, 0.6) is 0 Å². The predicted octanol–water partition coefficient (Wildman–Crippen LogP) is 3.74. The minimum atomic E-state index is 0.521. The lowest BCUT2D eigenvalue weighted by Gasteiger charge is -2.22. The Balaban J connectivity index is 2.19. The van der Waals surface area contributed by atoms with Crippen molar-refractivity contribution in [2.75, 3.05) is 11.9 Å². The number of nitrogens with zero attached hydrogens (tertiary/aromatic N) is 1. The summed E-state index contributed by atoms with van der Waals surface area (Å²) in [5.74, 6) is 0. The van der Waals surface area contributed by atoms with E-state index >= 15 is 0 Å². The van der Waals surface area contributed by atoms with Gasteiger partial charge in [0.2, 0.25) is 0 Å². The van der Waals surface area contributed by atoms with Crippen LogP contribution in [0.1, 0.15) is 16.7 Å². The summed E-state index contributed by atoms with van der Waals surface area (Å²) in [4.78, 5) is 2.21. The van der Waals surface area contributed by atoms with Crippen molar-refractivity contribution in [1.29, 1.82) is 0 Å². The lowest BCUT2D eigenvalue weighted by atomic mass is 10.1. The third-order valence-corrected chi connectivity index (χ3v) is 3.64. The van der Waals surface area contributed by atoms with E-state index in [0.29, 0.717) is 6.54 Å². The van der Waals surface area contributed by atoms with Crippen molar-refractivity contribution in [2.24, 2.45) is 5.73 Å². The van der Waals surface area contributed by atoms with Crippen LogP contribution >= 0.6 is 11.6 Å². The number of hydrogen-bond donors (Lipinski definition) is 1. The molecule has 2 aromatic rings. The Labute approximate surface area is 119 Å². The summed E-state index contributed by atoms with van der Waals surface area (Å²) in [6.07, 6.45) is 0. The van der Waals surface area contributed by atoms with Crippen molar-refractivity contribution in [3.05, 3.63) is 64.2 Å². The minimum Gasteiger partial charge on any atom is -0.370 e. The molecule has 0 heterocycles. The second-order valence-electron chi connectivity index (χ2n) is 4.77. The third-order valence-electron chi connectivity index (χ3n) is 3.29. The van der Waals surface area contributed by atoms with Crippen molar-refractivity contribution >= 4 is 17.3 Å². The minimum absolute atomic E-state index is 0.521. The molecule has 0 fully saturated rings. The second kappa shape index (κ2) is 6.09. The Kier molecular flexibility index (Phi) is 4.46. The maximum atomic E-state index is 6.30. The molecule has 0 saturated carbocycles. The van der Waals surface area contributed by atoms with Gasteiger partial charge in [0.25, 0.3) is 0 Å². The smallest absolute Gasteiger partial charge is 0.0459 e. The van der Waals surface area contributed by atoms with Crippen LogP contribution in [-0.2, 0) is 13.1 Å². The van der Waals surface area contributed by atoms with Gasteiger partial charge in [0.15, 0.2) is 0 Å². The maximum Gasteiger partial charge on any atom is 0.0459 e. The largest absolute Gasteiger partial charge is 0.370 e. The van der Waals surface area contributed by atoms with Crippen molar-refractivity contribution < 1.29 is 0 Å². The monoisotopic (exact) mass is 274 g/mol. The molecular weight excluding hydrogens is 256 g/mol. The summed E-state index contributed by atoms with van der Waals surface area (Å²) in [5, 5.41) is 0.781. The Hall–Kier alpha value is -1.51. The zero-order chi connectivity index (χ0) is 13.8. The first kappa shape index (κ1) is 13.9. The number of halogens is 1. The highest BCUT2D eigenvalue weighted by molar-refractivity contribution is 6.31. The summed E-state index contributed by atoms with van der Waals surface area (Å²) >= 11 is 6.30. The first-order valence-electron chi connectivity index (χ1n) is 6.36. The summed E-state index contributed by atoms with van der Waals surface area (Å²) in [6, 6.07) is 14.4. The van der Waals surface area contributed by atoms with Crippen LogP contribution in [0, 0.1) is 6.92 Å². The van der Waals surface area contributed by atoms with Gasteiger partial charge in [0.1, 0.15) is 0 Å². The van der Waals surface area contributed by atoms with E-state index < -0.39 is 0 Å². The number of para-hydroxylation sites is 1. The van der Waals surface area contributed by atoms with Crippen LogP contribution in [0.2, 0.25) is 5.02 Å². The van der Waals surface area contributed by atoms with E-state index in [1.54, 1.807) is 0 Å². The summed E-state index contributed by atoms with van der Waals surface area (Å²) in [7, 11) is 2.08. The molecule has 0 saturated heterocycles. The first-order chi connectivity index (χ1) is 9.11. The van der Waals surface area contributed by atoms with Crippen LogP contribution in [-0.4, -0.2) is 7.05 Å². The Morgan fingerprint density at radius 2 is 1.89 bits per heavy atom. The van der Waals surface area contributed by atoms with Gasteiger partial charge in [-0.2, -0.15) is 0 Å². The number of rotatable bonds is 4. The fourth-order valence-electron chi connectivity index (χ4n) is 2.18. The van der Waals surface area contributed by atoms with Gasteiger partial charge in [-0.15, -0.1) is 0 Å². The fraction of sp³-hybridized carbons (Fsp3) is 0.250. The average molecular weight is 275 g/mol. The Morgan fingerprint density at radius 1 is 1.16 bits per heavy atom. The van der Waals surface area contributed by atoms with Gasteiger partial charge < -0.3 is 10.6 Å². The van der Waals surface area contributed by atoms with Crippen molar-refractivity contribution in [2.45, 2.75) is 20.0 Å². The average Bonchev–Trinajstić information content (AvgIpc) is 2.41. The number of anilines is 1. The van der Waals surface area contributed by atoms with Crippen molar-refractivity contribution in [1.82, 2.24) is 0 Å². The predicted molar refractivity (Wildman–Crippen MR) is 82.6 cm³/mol. The highest BCUT2D eigenvalue weighted by Gasteiger charge is 2.07. The molecule has 2 nitrogen and oxygen atoms in total. The standard InChI is InChI=1S/C16H19ClN2/c1-12-5-3-4-6-16(12)19(2)11-14-8-7-13(10-18)9-15(14)17/h3-9H,10-11,18H2,1-2H3. The normalized spacial score (nSPS) is 10.5. The van der Waals surface area contributed by atoms with E-state index in [4.69, 9.17) is 17.3 Å². The van der Waals surface area contributed by atoms with Gasteiger partial charge in [-0.25, -0.2) is 0 Å². The van der Waals surface area contributed by atoms with Gasteiger partial charge in [-0.3, -0.25) is 0 Å². The van der Waals surface area contributed by atoms with Crippen LogP contribution in [0.25, 0.3) is 0 Å². The van der Waals surface area contributed by atoms with Crippen LogP contribution in [0.15, 0.2) is 42.5 Å². The molecule has 0 aliphatic rings. The van der Waals surface area contributed by atoms with E-state index in [9.17, 15) is 0 Å². The fourth-order valence-corrected chi connectivity index (χ4v) is 2.44. The van der Waals surface area contributed by atoms with Crippen LogP contribution < -0.4 is 10.6 Å². The molecule has 0 aliphatic carbocycles. The molecule has 0 amide bonds. The molecule has 0 radical (unpaired) electrons. The Morgan fingerprint density at radius 3 is 2.53 bits per heavy atom. The number of nitrogens with two attached hydrogens (primary N) is 1. The van der Waals surface area contributed by atoms with Crippen LogP contribution in [0.3, 0.4) is 0 Å². The molecule has 100 valence electrons. The number of aryl methyl sites for hydroxylation is 1. The maximum absolute atomic E-state index is 6.30. The number of hydrogen-bond acceptors (Lipinski definition) is 2. The van der Waals surface area contributed by atoms with E-state index in [2.05, 4.69) is 49.2 Å². The SMILES string of the molecule is Cc1ccccc1N(C)Cc1ccc(CN)cc1Cl. The quantitative estimate of drug-likeness (QED) is 0.920. The molecule has 2 rings (SSSR count). The van der Waals surface area contributed by atoms with Crippen molar-refractivity contribution in [3.8, 4) is 0 Å². The molecule has 0 bridgehead atoms. The van der Waals surface area contributed by atoms with Gasteiger partial charge in [0.05, 0.1) is 0 Å². The molecule has 2 N–H and O–H groups in total. The molecule has 0 unspecified atom stereocenters. The molecule has 0 spiro atoms. The van der Waals surface area contributed by atoms with Gasteiger partial charge >= 0.3 is 0 Å². The number of benzene rings is 2. The van der Waals surface area contributed by atoms with E-state index in [-0.39, 0.29) is 0 Å². The van der Waals surface area contributed by atoms with Crippen LogP contribution in [0.4, 0.5) is 5.69 Å². The summed E-state index contributed by atoms with van der Waals surface area (Å²) in [5.41, 5.74) is 10.3. The molecule has 0 atom stereocenters. The van der Waals surface area contributed by atoms with Gasteiger partial charge in [-0.1, -0.05) is 41.9 Å². The first-order valence-corrected chi connectivity index (χ1v) is 6.73. The molecule has 0 aromatic heterocycles. The zero-order valence-electron chi connectivity index (χ0n) is 11.4. The highest BCUT2D eigenvalue weighted by atomic mass is 35.5. The zero-order valence-corrected chi connectivity index (χ0v) is 12.1. The van der Waals surface area contributed by atoms with E-state index in [1.807, 2.05) is 12.1 Å². The van der Waals surface area contributed by atoms with Gasteiger partial charge in [0, 0.05) is 30.8 Å². The Bertz CT molecular complexity index is 566. The summed E-state index contributed by atoms with van der Waals surface area (Å²) in [6.45, 7) is 3.42. The lowest BCUT2D eigenvalue weighted by molar-refractivity contribution is 0.915. The van der Waals surface area contributed by atoms with E-state index in [0.717, 1.165) is 22.7 Å². The molecule has 19 heavy (non-hydrogen) atoms. The molecule has 3 heteroatoms. The molecular formula is C16H19ClN2. The molecule has 2 aromatic carbocycles. The van der Waals surface area contributed by atoms with Crippen molar-refractivity contribution in [3.63, 3.8) is 0 Å². The summed E-state index contributed by atoms with van der Waals surface area (Å²) < 4.78 is 0. The molecule has 0 aliphatic heterocycles. The second-order valence-corrected chi connectivity index (χ2v) is 5.18. The topological polar surface area (TPSA) is 29.3 Å². The van der Waals surface area contributed by atoms with Gasteiger partial charge in [-0.05, 0) is 35.7 Å². The lowest BCUT2D eigenvalue weighted by Crippen LogP contribution is -2.17. The highest BCUT2D eigenvalue weighted by Crippen LogP contribution is 2.24.